The standard InChI is InChI=1S/C17H11N3O4S/c21-17-14-9-3-4-10-15(14)18-19-20(17)23-24-25(22)16-11-5-7-12-6-1-2-8-13(12)16/h1-11H. The Morgan fingerprint density at radius 2 is 1.60 bits per heavy atom. The molecular formula is C17H11N3O4S. The summed E-state index contributed by atoms with van der Waals surface area (Å²) in [4.78, 5) is 18.1. The van der Waals surface area contributed by atoms with Gasteiger partial charge in [-0.2, -0.15) is 0 Å². The Labute approximate surface area is 144 Å². The topological polar surface area (TPSA) is 83.3 Å². The van der Waals surface area contributed by atoms with Crippen molar-refractivity contribution in [3.05, 3.63) is 77.1 Å². The fourth-order valence-corrected chi connectivity index (χ4v) is 3.20. The maximum atomic E-state index is 12.4. The van der Waals surface area contributed by atoms with E-state index in [0.717, 1.165) is 10.8 Å². The van der Waals surface area contributed by atoms with Gasteiger partial charge in [0.15, 0.2) is 0 Å². The van der Waals surface area contributed by atoms with Crippen LogP contribution in [0.3, 0.4) is 0 Å². The number of nitrogens with zero attached hydrogens (tertiary/aromatic N) is 3. The molecule has 0 aliphatic rings. The van der Waals surface area contributed by atoms with Gasteiger partial charge in [-0.1, -0.05) is 52.9 Å². The van der Waals surface area contributed by atoms with Crippen molar-refractivity contribution in [2.75, 3.05) is 0 Å². The molecule has 1 unspecified atom stereocenters. The van der Waals surface area contributed by atoms with Gasteiger partial charge in [-0.15, -0.1) is 5.10 Å². The van der Waals surface area contributed by atoms with Crippen molar-refractivity contribution in [3.63, 3.8) is 0 Å². The molecule has 3 aromatic carbocycles. The van der Waals surface area contributed by atoms with Crippen LogP contribution in [0.25, 0.3) is 21.7 Å². The van der Waals surface area contributed by atoms with E-state index in [9.17, 15) is 9.00 Å². The van der Waals surface area contributed by atoms with E-state index < -0.39 is 16.6 Å². The van der Waals surface area contributed by atoms with Crippen LogP contribution < -0.4 is 10.5 Å². The van der Waals surface area contributed by atoms with Crippen LogP contribution >= 0.6 is 0 Å². The molecule has 7 nitrogen and oxygen atoms in total. The monoisotopic (exact) mass is 353 g/mol. The molecule has 1 heterocycles. The summed E-state index contributed by atoms with van der Waals surface area (Å²) in [6.07, 6.45) is 0. The van der Waals surface area contributed by atoms with Gasteiger partial charge < -0.3 is 0 Å². The first kappa shape index (κ1) is 15.4. The quantitative estimate of drug-likeness (QED) is 0.412. The Morgan fingerprint density at radius 1 is 0.880 bits per heavy atom. The van der Waals surface area contributed by atoms with Gasteiger partial charge >= 0.3 is 5.56 Å². The zero-order chi connectivity index (χ0) is 17.2. The maximum absolute atomic E-state index is 12.4. The van der Waals surface area contributed by atoms with Crippen molar-refractivity contribution in [1.82, 2.24) is 15.2 Å². The van der Waals surface area contributed by atoms with Gasteiger partial charge in [-0.05, 0) is 28.8 Å². The smallest absolute Gasteiger partial charge is 0.263 e. The lowest BCUT2D eigenvalue weighted by molar-refractivity contribution is -0.216. The van der Waals surface area contributed by atoms with Crippen LogP contribution in [0.1, 0.15) is 0 Å². The molecule has 0 bridgehead atoms. The molecular weight excluding hydrogens is 342 g/mol. The van der Waals surface area contributed by atoms with Gasteiger partial charge in [-0.3, -0.25) is 4.79 Å². The predicted molar refractivity (Wildman–Crippen MR) is 91.8 cm³/mol. The van der Waals surface area contributed by atoms with Crippen LogP contribution in [-0.4, -0.2) is 19.4 Å². The van der Waals surface area contributed by atoms with Crippen molar-refractivity contribution in [3.8, 4) is 0 Å². The fraction of sp³-hybridized carbons (Fsp3) is 0. The molecule has 0 fully saturated rings. The highest BCUT2D eigenvalue weighted by Crippen LogP contribution is 2.21. The molecule has 0 saturated heterocycles. The van der Waals surface area contributed by atoms with Gasteiger partial charge in [0.05, 0.1) is 10.3 Å². The fourth-order valence-electron chi connectivity index (χ4n) is 2.46. The van der Waals surface area contributed by atoms with Crippen LogP contribution in [-0.2, 0) is 15.4 Å². The Morgan fingerprint density at radius 3 is 2.48 bits per heavy atom. The molecule has 4 aromatic rings. The third-order valence-corrected chi connectivity index (χ3v) is 4.53. The molecule has 25 heavy (non-hydrogen) atoms. The van der Waals surface area contributed by atoms with Crippen molar-refractivity contribution >= 4 is 32.8 Å². The van der Waals surface area contributed by atoms with Crippen molar-refractivity contribution in [1.29, 1.82) is 0 Å². The zero-order valence-electron chi connectivity index (χ0n) is 12.7. The average molecular weight is 353 g/mol. The lowest BCUT2D eigenvalue weighted by Gasteiger charge is -2.06. The van der Waals surface area contributed by atoms with Crippen LogP contribution in [0.5, 0.6) is 0 Å². The molecule has 0 N–H and O–H groups in total. The summed E-state index contributed by atoms with van der Waals surface area (Å²) in [5, 5.41) is 9.46. The van der Waals surface area contributed by atoms with Gasteiger partial charge in [-0.25, -0.2) is 9.20 Å². The first-order valence-electron chi connectivity index (χ1n) is 7.34. The SMILES string of the molecule is O=c1c2ccccc2nnn1OOS(=O)c1cccc2ccccc12. The largest absolute Gasteiger partial charge is 0.318 e. The van der Waals surface area contributed by atoms with Crippen LogP contribution in [0.4, 0.5) is 0 Å². The lowest BCUT2D eigenvalue weighted by atomic mass is 10.1. The highest BCUT2D eigenvalue weighted by Gasteiger charge is 2.13. The number of rotatable bonds is 4. The molecule has 0 radical (unpaired) electrons. The maximum Gasteiger partial charge on any atom is 0.318 e. The number of benzene rings is 3. The summed E-state index contributed by atoms with van der Waals surface area (Å²) in [6.45, 7) is 0. The highest BCUT2D eigenvalue weighted by molar-refractivity contribution is 7.80. The second kappa shape index (κ2) is 6.42. The summed E-state index contributed by atoms with van der Waals surface area (Å²) in [5.41, 5.74) is -0.122. The van der Waals surface area contributed by atoms with Gasteiger partial charge in [0.25, 0.3) is 0 Å². The molecule has 1 aromatic heterocycles. The third-order valence-electron chi connectivity index (χ3n) is 3.63. The van der Waals surface area contributed by atoms with E-state index >= 15 is 0 Å². The van der Waals surface area contributed by atoms with E-state index in [1.54, 1.807) is 36.4 Å². The Bertz CT molecular complexity index is 1150. The minimum Gasteiger partial charge on any atom is -0.263 e. The van der Waals surface area contributed by atoms with Crippen LogP contribution in [0, 0.1) is 0 Å². The predicted octanol–water partition coefficient (Wildman–Crippen LogP) is 2.03. The Balaban J connectivity index is 1.62. The summed E-state index contributed by atoms with van der Waals surface area (Å²) in [7, 11) is 0. The van der Waals surface area contributed by atoms with Crippen molar-refractivity contribution in [2.45, 2.75) is 4.90 Å². The third kappa shape index (κ3) is 2.88. The van der Waals surface area contributed by atoms with Crippen LogP contribution in [0.15, 0.2) is 76.4 Å². The molecule has 0 amide bonds. The zero-order valence-corrected chi connectivity index (χ0v) is 13.6. The normalized spacial score (nSPS) is 12.3. The van der Waals surface area contributed by atoms with E-state index in [2.05, 4.69) is 10.3 Å². The second-order valence-electron chi connectivity index (χ2n) is 5.14. The molecule has 124 valence electrons. The second-order valence-corrected chi connectivity index (χ2v) is 6.18. The first-order valence-corrected chi connectivity index (χ1v) is 8.41. The lowest BCUT2D eigenvalue weighted by Crippen LogP contribution is -2.31. The molecule has 0 saturated carbocycles. The Kier molecular flexibility index (Phi) is 3.96. The minimum absolute atomic E-state index is 0.317. The van der Waals surface area contributed by atoms with E-state index in [4.69, 9.17) is 9.32 Å². The summed E-state index contributed by atoms with van der Waals surface area (Å²) >= 11 is -1.95. The summed E-state index contributed by atoms with van der Waals surface area (Å²) in [6, 6.07) is 19.5. The molecule has 0 spiro atoms. The first-order chi connectivity index (χ1) is 12.2. The molecule has 1 atom stereocenters. The number of hydrogen-bond donors (Lipinski definition) is 0. The van der Waals surface area contributed by atoms with Gasteiger partial charge in [0, 0.05) is 10.2 Å². The summed E-state index contributed by atoms with van der Waals surface area (Å²) < 4.78 is 17.3. The molecule has 4 rings (SSSR count). The van der Waals surface area contributed by atoms with Crippen molar-refractivity contribution in [2.24, 2.45) is 0 Å². The van der Waals surface area contributed by atoms with Crippen molar-refractivity contribution < 1.29 is 13.5 Å². The van der Waals surface area contributed by atoms with Gasteiger partial charge in [0.1, 0.15) is 5.52 Å². The average Bonchev–Trinajstić information content (AvgIpc) is 2.67. The Hall–Kier alpha value is -3.10. The number of fused-ring (bicyclic) bond motifs is 2. The van der Waals surface area contributed by atoms with Crippen LogP contribution in [0.2, 0.25) is 0 Å². The molecule has 0 aliphatic carbocycles. The van der Waals surface area contributed by atoms with E-state index in [1.807, 2.05) is 30.3 Å². The minimum atomic E-state index is -1.95. The number of hydrogen-bond acceptors (Lipinski definition) is 6. The molecule has 8 heteroatoms. The number of aromatic nitrogens is 3. The summed E-state index contributed by atoms with van der Waals surface area (Å²) in [5.74, 6) is 0. The van der Waals surface area contributed by atoms with Gasteiger partial charge in [0.2, 0.25) is 11.1 Å². The van der Waals surface area contributed by atoms with E-state index in [0.29, 0.717) is 20.6 Å². The van der Waals surface area contributed by atoms with E-state index in [1.165, 1.54) is 0 Å². The van der Waals surface area contributed by atoms with E-state index in [-0.39, 0.29) is 0 Å². The highest BCUT2D eigenvalue weighted by atomic mass is 32.2. The molecule has 0 aliphatic heterocycles.